The molecule has 1 aromatic rings. The van der Waals surface area contributed by atoms with E-state index in [1.54, 1.807) is 25.3 Å². The molecule has 5 nitrogen and oxygen atoms in total. The molecule has 0 saturated carbocycles. The molecule has 120 valence electrons. The van der Waals surface area contributed by atoms with Gasteiger partial charge in [0.2, 0.25) is 0 Å². The van der Waals surface area contributed by atoms with Crippen LogP contribution in [0.1, 0.15) is 37.8 Å². The van der Waals surface area contributed by atoms with Gasteiger partial charge in [-0.3, -0.25) is 0 Å². The summed E-state index contributed by atoms with van der Waals surface area (Å²) in [6.07, 6.45) is 2.60. The highest BCUT2D eigenvalue weighted by Crippen LogP contribution is 2.29. The van der Waals surface area contributed by atoms with Crippen LogP contribution in [0.5, 0.6) is 11.5 Å². The van der Waals surface area contributed by atoms with E-state index in [-0.39, 0.29) is 11.5 Å². The lowest BCUT2D eigenvalue weighted by Gasteiger charge is -2.16. The fourth-order valence-corrected chi connectivity index (χ4v) is 3.68. The van der Waals surface area contributed by atoms with Gasteiger partial charge in [0.05, 0.1) is 25.7 Å². The number of ether oxygens (including phenoxy) is 2. The second-order valence-electron chi connectivity index (χ2n) is 5.04. The van der Waals surface area contributed by atoms with Gasteiger partial charge in [0.25, 0.3) is 0 Å². The Bertz CT molecular complexity index is 543. The van der Waals surface area contributed by atoms with Gasteiger partial charge < -0.3 is 15.2 Å². The number of hydrogen-bond donors (Lipinski definition) is 1. The summed E-state index contributed by atoms with van der Waals surface area (Å²) in [5.41, 5.74) is 6.73. The molecule has 0 aliphatic rings. The maximum absolute atomic E-state index is 12.1. The molecule has 1 rings (SSSR count). The first-order valence-electron chi connectivity index (χ1n) is 7.11. The number of nitrogens with two attached hydrogens (primary N) is 1. The van der Waals surface area contributed by atoms with Crippen LogP contribution in [0, 0.1) is 0 Å². The van der Waals surface area contributed by atoms with Gasteiger partial charge >= 0.3 is 0 Å². The van der Waals surface area contributed by atoms with Crippen LogP contribution in [0.3, 0.4) is 0 Å². The third-order valence-electron chi connectivity index (χ3n) is 3.33. The van der Waals surface area contributed by atoms with Crippen molar-refractivity contribution >= 4 is 9.84 Å². The zero-order valence-electron chi connectivity index (χ0n) is 13.0. The fraction of sp³-hybridized carbons (Fsp3) is 0.600. The van der Waals surface area contributed by atoms with Crippen LogP contribution in [0.2, 0.25) is 0 Å². The highest BCUT2D eigenvalue weighted by atomic mass is 32.2. The number of rotatable bonds is 9. The topological polar surface area (TPSA) is 78.6 Å². The SMILES string of the molecule is CCCCCS(=O)(=O)CC(N)c1ccc(OC)cc1OC. The summed E-state index contributed by atoms with van der Waals surface area (Å²) >= 11 is 0. The van der Waals surface area contributed by atoms with Crippen molar-refractivity contribution in [2.45, 2.75) is 32.2 Å². The first-order valence-corrected chi connectivity index (χ1v) is 8.93. The molecule has 0 radical (unpaired) electrons. The van der Waals surface area contributed by atoms with Gasteiger partial charge in [-0.25, -0.2) is 8.42 Å². The fourth-order valence-electron chi connectivity index (χ4n) is 2.14. The molecule has 0 amide bonds. The predicted molar refractivity (Wildman–Crippen MR) is 84.7 cm³/mol. The molecule has 0 aliphatic heterocycles. The molecular formula is C15H25NO4S. The molecule has 21 heavy (non-hydrogen) atoms. The van der Waals surface area contributed by atoms with E-state index in [9.17, 15) is 8.42 Å². The average Bonchev–Trinajstić information content (AvgIpc) is 2.46. The zero-order valence-corrected chi connectivity index (χ0v) is 13.8. The van der Waals surface area contributed by atoms with Crippen molar-refractivity contribution in [3.05, 3.63) is 23.8 Å². The lowest BCUT2D eigenvalue weighted by molar-refractivity contribution is 0.389. The van der Waals surface area contributed by atoms with Crippen molar-refractivity contribution in [1.29, 1.82) is 0 Å². The summed E-state index contributed by atoms with van der Waals surface area (Å²) in [6.45, 7) is 2.04. The molecule has 0 heterocycles. The standard InChI is InChI=1S/C15H25NO4S/c1-4-5-6-9-21(17,18)11-14(16)13-8-7-12(19-2)10-15(13)20-3/h7-8,10,14H,4-6,9,11,16H2,1-3H3. The first kappa shape index (κ1) is 17.8. The largest absolute Gasteiger partial charge is 0.497 e. The molecule has 0 aromatic heterocycles. The van der Waals surface area contributed by atoms with Crippen LogP contribution < -0.4 is 15.2 Å². The van der Waals surface area contributed by atoms with Crippen molar-refractivity contribution < 1.29 is 17.9 Å². The molecule has 0 saturated heterocycles. The van der Waals surface area contributed by atoms with Crippen molar-refractivity contribution in [3.8, 4) is 11.5 Å². The van der Waals surface area contributed by atoms with E-state index in [2.05, 4.69) is 0 Å². The Kier molecular flexibility index (Phi) is 6.98. The van der Waals surface area contributed by atoms with Crippen molar-refractivity contribution in [3.63, 3.8) is 0 Å². The monoisotopic (exact) mass is 315 g/mol. The lowest BCUT2D eigenvalue weighted by Crippen LogP contribution is -2.24. The Labute approximate surface area is 127 Å². The zero-order chi connectivity index (χ0) is 15.9. The Morgan fingerprint density at radius 3 is 2.48 bits per heavy atom. The second-order valence-corrected chi connectivity index (χ2v) is 7.26. The third kappa shape index (κ3) is 5.55. The van der Waals surface area contributed by atoms with Gasteiger partial charge in [-0.05, 0) is 12.5 Å². The highest BCUT2D eigenvalue weighted by Gasteiger charge is 2.20. The van der Waals surface area contributed by atoms with Crippen LogP contribution in [0.4, 0.5) is 0 Å². The summed E-state index contributed by atoms with van der Waals surface area (Å²) in [7, 11) is -0.0631. The molecular weight excluding hydrogens is 290 g/mol. The quantitative estimate of drug-likeness (QED) is 0.707. The summed E-state index contributed by atoms with van der Waals surface area (Å²) < 4.78 is 34.5. The first-order chi connectivity index (χ1) is 9.93. The highest BCUT2D eigenvalue weighted by molar-refractivity contribution is 7.91. The lowest BCUT2D eigenvalue weighted by atomic mass is 10.1. The molecule has 0 spiro atoms. The number of benzene rings is 1. The smallest absolute Gasteiger partial charge is 0.152 e. The maximum Gasteiger partial charge on any atom is 0.152 e. The van der Waals surface area contributed by atoms with Crippen molar-refractivity contribution in [1.82, 2.24) is 0 Å². The molecule has 1 unspecified atom stereocenters. The van der Waals surface area contributed by atoms with E-state index in [1.807, 2.05) is 6.92 Å². The van der Waals surface area contributed by atoms with Gasteiger partial charge in [-0.1, -0.05) is 25.8 Å². The van der Waals surface area contributed by atoms with Crippen LogP contribution in [0.25, 0.3) is 0 Å². The van der Waals surface area contributed by atoms with Crippen molar-refractivity contribution in [2.24, 2.45) is 5.73 Å². The van der Waals surface area contributed by atoms with Crippen LogP contribution in [0.15, 0.2) is 18.2 Å². The predicted octanol–water partition coefficient (Wildman–Crippen LogP) is 2.31. The van der Waals surface area contributed by atoms with E-state index >= 15 is 0 Å². The Hall–Kier alpha value is -1.27. The molecule has 2 N–H and O–H groups in total. The number of methoxy groups -OCH3 is 2. The summed E-state index contributed by atoms with van der Waals surface area (Å²) in [5, 5.41) is 0. The molecule has 0 fully saturated rings. The van der Waals surface area contributed by atoms with Gasteiger partial charge in [0, 0.05) is 17.7 Å². The minimum Gasteiger partial charge on any atom is -0.497 e. The average molecular weight is 315 g/mol. The molecule has 0 bridgehead atoms. The van der Waals surface area contributed by atoms with E-state index in [4.69, 9.17) is 15.2 Å². The molecule has 0 aliphatic carbocycles. The number of hydrogen-bond acceptors (Lipinski definition) is 5. The number of unbranched alkanes of at least 4 members (excludes halogenated alkanes) is 2. The minimum absolute atomic E-state index is 0.0700. The van der Waals surface area contributed by atoms with E-state index in [0.29, 0.717) is 23.5 Å². The normalized spacial score (nSPS) is 13.0. The maximum atomic E-state index is 12.1. The van der Waals surface area contributed by atoms with Gasteiger partial charge in [-0.2, -0.15) is 0 Å². The molecule has 1 atom stereocenters. The Morgan fingerprint density at radius 1 is 1.19 bits per heavy atom. The van der Waals surface area contributed by atoms with Crippen LogP contribution in [-0.2, 0) is 9.84 Å². The van der Waals surface area contributed by atoms with Gasteiger partial charge in [-0.15, -0.1) is 0 Å². The second kappa shape index (κ2) is 8.24. The Morgan fingerprint density at radius 2 is 1.90 bits per heavy atom. The van der Waals surface area contributed by atoms with Crippen molar-refractivity contribution in [2.75, 3.05) is 25.7 Å². The molecule has 1 aromatic carbocycles. The minimum atomic E-state index is -3.15. The Balaban J connectivity index is 2.81. The van der Waals surface area contributed by atoms with E-state index < -0.39 is 15.9 Å². The van der Waals surface area contributed by atoms with E-state index in [1.165, 1.54) is 7.11 Å². The van der Waals surface area contributed by atoms with E-state index in [0.717, 1.165) is 12.8 Å². The van der Waals surface area contributed by atoms with Gasteiger partial charge in [0.15, 0.2) is 9.84 Å². The summed E-state index contributed by atoms with van der Waals surface area (Å²) in [4.78, 5) is 0. The summed E-state index contributed by atoms with van der Waals surface area (Å²) in [6, 6.07) is 4.61. The summed E-state index contributed by atoms with van der Waals surface area (Å²) in [5.74, 6) is 1.31. The third-order valence-corrected chi connectivity index (χ3v) is 5.11. The van der Waals surface area contributed by atoms with Crippen LogP contribution >= 0.6 is 0 Å². The number of sulfone groups is 1. The van der Waals surface area contributed by atoms with Crippen LogP contribution in [-0.4, -0.2) is 34.1 Å². The molecule has 6 heteroatoms. The van der Waals surface area contributed by atoms with Gasteiger partial charge in [0.1, 0.15) is 11.5 Å².